The molecule has 1 fully saturated rings. The molecule has 126 valence electrons. The molecule has 0 spiro atoms. The Morgan fingerprint density at radius 3 is 2.38 bits per heavy atom. The van der Waals surface area contributed by atoms with Crippen molar-refractivity contribution in [1.82, 2.24) is 4.90 Å². The van der Waals surface area contributed by atoms with Gasteiger partial charge in [-0.3, -0.25) is 4.79 Å². The maximum absolute atomic E-state index is 12.9. The molecule has 0 saturated carbocycles. The van der Waals surface area contributed by atoms with Crippen molar-refractivity contribution >= 4 is 21.8 Å². The number of hydrogen-bond donors (Lipinski definition) is 0. The zero-order chi connectivity index (χ0) is 17.1. The summed E-state index contributed by atoms with van der Waals surface area (Å²) >= 11 is 3.51. The lowest BCUT2D eigenvalue weighted by atomic mass is 9.98. The molecule has 0 aliphatic carbocycles. The highest BCUT2D eigenvalue weighted by Crippen LogP contribution is 2.35. The molecular weight excluding hydrogens is 370 g/mol. The lowest BCUT2D eigenvalue weighted by Gasteiger charge is -2.18. The van der Waals surface area contributed by atoms with Crippen LogP contribution in [-0.2, 0) is 0 Å². The Kier molecular flexibility index (Phi) is 5.09. The van der Waals surface area contributed by atoms with Crippen LogP contribution in [0.5, 0.6) is 11.5 Å². The van der Waals surface area contributed by atoms with Gasteiger partial charge in [0.05, 0.1) is 14.2 Å². The average molecular weight is 390 g/mol. The number of carbonyl (C=O) groups excluding carboxylic acids is 1. The summed E-state index contributed by atoms with van der Waals surface area (Å²) in [5.41, 5.74) is 2.53. The van der Waals surface area contributed by atoms with E-state index in [1.54, 1.807) is 14.2 Å². The van der Waals surface area contributed by atoms with Crippen molar-refractivity contribution < 1.29 is 14.3 Å². The number of hydrogen-bond acceptors (Lipinski definition) is 3. The van der Waals surface area contributed by atoms with E-state index >= 15 is 0 Å². The van der Waals surface area contributed by atoms with Crippen LogP contribution in [0.1, 0.15) is 23.2 Å². The van der Waals surface area contributed by atoms with Gasteiger partial charge in [-0.05, 0) is 54.3 Å². The van der Waals surface area contributed by atoms with Crippen molar-refractivity contribution in [1.29, 1.82) is 0 Å². The van der Waals surface area contributed by atoms with E-state index in [0.717, 1.165) is 41.5 Å². The quantitative estimate of drug-likeness (QED) is 0.778. The predicted molar refractivity (Wildman–Crippen MR) is 97.8 cm³/mol. The first kappa shape index (κ1) is 16.8. The molecule has 5 heteroatoms. The third-order valence-electron chi connectivity index (χ3n) is 4.30. The lowest BCUT2D eigenvalue weighted by molar-refractivity contribution is 0.0793. The fraction of sp³-hybridized carbons (Fsp3) is 0.316. The zero-order valence-corrected chi connectivity index (χ0v) is 15.4. The largest absolute Gasteiger partial charge is 0.493 e. The van der Waals surface area contributed by atoms with Crippen LogP contribution in [-0.4, -0.2) is 38.1 Å². The minimum absolute atomic E-state index is 0.0878. The fourth-order valence-electron chi connectivity index (χ4n) is 3.04. The second kappa shape index (κ2) is 7.26. The van der Waals surface area contributed by atoms with Crippen molar-refractivity contribution in [2.45, 2.75) is 12.8 Å². The minimum atomic E-state index is 0.0878. The van der Waals surface area contributed by atoms with Crippen LogP contribution < -0.4 is 9.47 Å². The number of carbonyl (C=O) groups is 1. The number of rotatable bonds is 4. The number of likely N-dealkylation sites (tertiary alicyclic amines) is 1. The first-order valence-corrected chi connectivity index (χ1v) is 8.74. The third kappa shape index (κ3) is 3.26. The highest BCUT2D eigenvalue weighted by atomic mass is 79.9. The van der Waals surface area contributed by atoms with Gasteiger partial charge in [-0.2, -0.15) is 0 Å². The Morgan fingerprint density at radius 2 is 1.71 bits per heavy atom. The smallest absolute Gasteiger partial charge is 0.254 e. The molecule has 0 bridgehead atoms. The normalized spacial score (nSPS) is 13.9. The minimum Gasteiger partial charge on any atom is -0.493 e. The molecule has 1 heterocycles. The standard InChI is InChI=1S/C19H20BrNO3/c1-23-17-8-5-13(11-18(17)24-2)16-12-14(20)6-7-15(16)19(22)21-9-3-4-10-21/h5-8,11-12H,3-4,9-10H2,1-2H3. The van der Waals surface area contributed by atoms with Crippen LogP contribution in [0.4, 0.5) is 0 Å². The number of amides is 1. The summed E-state index contributed by atoms with van der Waals surface area (Å²) in [6.45, 7) is 1.67. The van der Waals surface area contributed by atoms with E-state index in [-0.39, 0.29) is 5.91 Å². The number of ether oxygens (including phenoxy) is 2. The first-order valence-electron chi connectivity index (χ1n) is 7.95. The van der Waals surface area contributed by atoms with Gasteiger partial charge in [-0.15, -0.1) is 0 Å². The molecule has 1 aliphatic heterocycles. The van der Waals surface area contributed by atoms with Gasteiger partial charge in [0.15, 0.2) is 11.5 Å². The van der Waals surface area contributed by atoms with E-state index in [4.69, 9.17) is 9.47 Å². The fourth-order valence-corrected chi connectivity index (χ4v) is 3.40. The van der Waals surface area contributed by atoms with Crippen LogP contribution >= 0.6 is 15.9 Å². The highest BCUT2D eigenvalue weighted by molar-refractivity contribution is 9.10. The second-order valence-corrected chi connectivity index (χ2v) is 6.67. The van der Waals surface area contributed by atoms with E-state index in [1.165, 1.54) is 0 Å². The number of nitrogens with zero attached hydrogens (tertiary/aromatic N) is 1. The molecular formula is C19H20BrNO3. The molecule has 0 aromatic heterocycles. The van der Waals surface area contributed by atoms with Gasteiger partial charge in [0.25, 0.3) is 5.91 Å². The Labute approximate surface area is 150 Å². The summed E-state index contributed by atoms with van der Waals surface area (Å²) in [5, 5.41) is 0. The van der Waals surface area contributed by atoms with E-state index in [2.05, 4.69) is 15.9 Å². The van der Waals surface area contributed by atoms with Crippen LogP contribution in [0.25, 0.3) is 11.1 Å². The summed E-state index contributed by atoms with van der Waals surface area (Å²) < 4.78 is 11.6. The zero-order valence-electron chi connectivity index (χ0n) is 13.8. The van der Waals surface area contributed by atoms with E-state index in [9.17, 15) is 4.79 Å². The summed E-state index contributed by atoms with van der Waals surface area (Å²) in [7, 11) is 3.22. The summed E-state index contributed by atoms with van der Waals surface area (Å²) in [5.74, 6) is 1.41. The van der Waals surface area contributed by atoms with Crippen molar-refractivity contribution in [3.63, 3.8) is 0 Å². The first-order chi connectivity index (χ1) is 11.6. The average Bonchev–Trinajstić information content (AvgIpc) is 3.15. The highest BCUT2D eigenvalue weighted by Gasteiger charge is 2.22. The van der Waals surface area contributed by atoms with E-state index in [0.29, 0.717) is 17.1 Å². The molecule has 4 nitrogen and oxygen atoms in total. The molecule has 24 heavy (non-hydrogen) atoms. The van der Waals surface area contributed by atoms with Gasteiger partial charge < -0.3 is 14.4 Å². The summed E-state index contributed by atoms with van der Waals surface area (Å²) in [6, 6.07) is 11.5. The Balaban J connectivity index is 2.06. The Bertz CT molecular complexity index is 754. The van der Waals surface area contributed by atoms with Gasteiger partial charge in [0.1, 0.15) is 0 Å². The second-order valence-electron chi connectivity index (χ2n) is 5.76. The monoisotopic (exact) mass is 389 g/mol. The van der Waals surface area contributed by atoms with E-state index in [1.807, 2.05) is 41.3 Å². The number of halogens is 1. The van der Waals surface area contributed by atoms with Crippen LogP contribution in [0.15, 0.2) is 40.9 Å². The molecule has 0 unspecified atom stereocenters. The molecule has 3 rings (SSSR count). The molecule has 0 radical (unpaired) electrons. The topological polar surface area (TPSA) is 38.8 Å². The van der Waals surface area contributed by atoms with Crippen molar-refractivity contribution in [3.8, 4) is 22.6 Å². The molecule has 1 amide bonds. The predicted octanol–water partition coefficient (Wildman–Crippen LogP) is 4.37. The molecule has 2 aromatic rings. The lowest BCUT2D eigenvalue weighted by Crippen LogP contribution is -2.28. The summed E-state index contributed by atoms with van der Waals surface area (Å²) in [4.78, 5) is 14.8. The van der Waals surface area contributed by atoms with E-state index < -0.39 is 0 Å². The van der Waals surface area contributed by atoms with Crippen molar-refractivity contribution in [3.05, 3.63) is 46.4 Å². The van der Waals surface area contributed by atoms with Crippen LogP contribution in [0.3, 0.4) is 0 Å². The third-order valence-corrected chi connectivity index (χ3v) is 4.79. The molecule has 0 N–H and O–H groups in total. The number of methoxy groups -OCH3 is 2. The van der Waals surface area contributed by atoms with Crippen molar-refractivity contribution in [2.24, 2.45) is 0 Å². The maximum atomic E-state index is 12.9. The molecule has 1 aliphatic rings. The van der Waals surface area contributed by atoms with Gasteiger partial charge in [-0.1, -0.05) is 22.0 Å². The van der Waals surface area contributed by atoms with Crippen LogP contribution in [0.2, 0.25) is 0 Å². The van der Waals surface area contributed by atoms with Gasteiger partial charge in [0.2, 0.25) is 0 Å². The van der Waals surface area contributed by atoms with Crippen molar-refractivity contribution in [2.75, 3.05) is 27.3 Å². The molecule has 1 saturated heterocycles. The van der Waals surface area contributed by atoms with Gasteiger partial charge in [-0.25, -0.2) is 0 Å². The Hall–Kier alpha value is -2.01. The van der Waals surface area contributed by atoms with Gasteiger partial charge >= 0.3 is 0 Å². The van der Waals surface area contributed by atoms with Gasteiger partial charge in [0, 0.05) is 23.1 Å². The number of benzene rings is 2. The Morgan fingerprint density at radius 1 is 1.00 bits per heavy atom. The maximum Gasteiger partial charge on any atom is 0.254 e. The summed E-state index contributed by atoms with van der Waals surface area (Å²) in [6.07, 6.45) is 2.15. The molecule has 2 aromatic carbocycles. The SMILES string of the molecule is COc1ccc(-c2cc(Br)ccc2C(=O)N2CCCC2)cc1OC. The molecule has 0 atom stereocenters. The van der Waals surface area contributed by atoms with Crippen LogP contribution in [0, 0.1) is 0 Å².